The molecular weight excluding hydrogens is 368 g/mol. The number of hydrogen-bond acceptors (Lipinski definition) is 5. The van der Waals surface area contributed by atoms with E-state index >= 15 is 0 Å². The Labute approximate surface area is 167 Å². The first-order chi connectivity index (χ1) is 14.0. The summed E-state index contributed by atoms with van der Waals surface area (Å²) in [5, 5.41) is 39.1. The summed E-state index contributed by atoms with van der Waals surface area (Å²) in [6.07, 6.45) is 0. The van der Waals surface area contributed by atoms with Crippen molar-refractivity contribution in [3.05, 3.63) is 84.9 Å². The maximum atomic E-state index is 9.98. The summed E-state index contributed by atoms with van der Waals surface area (Å²) in [5.41, 5.74) is 3.01. The molecule has 0 aliphatic rings. The third kappa shape index (κ3) is 3.94. The fraction of sp³-hybridized carbons (Fsp3) is 0. The monoisotopic (exact) mass is 386 g/mol. The van der Waals surface area contributed by atoms with Gasteiger partial charge in [-0.2, -0.15) is 0 Å². The van der Waals surface area contributed by atoms with Gasteiger partial charge in [0, 0.05) is 23.3 Å². The van der Waals surface area contributed by atoms with Crippen molar-refractivity contribution < 1.29 is 25.2 Å². The zero-order valence-electron chi connectivity index (χ0n) is 15.3. The van der Waals surface area contributed by atoms with Gasteiger partial charge in [-0.05, 0) is 59.7 Å². The van der Waals surface area contributed by atoms with E-state index in [-0.39, 0.29) is 23.0 Å². The third-order valence-electron chi connectivity index (χ3n) is 4.51. The molecule has 0 saturated carbocycles. The van der Waals surface area contributed by atoms with Crippen LogP contribution in [0.3, 0.4) is 0 Å². The van der Waals surface area contributed by atoms with E-state index in [1.54, 1.807) is 72.8 Å². The van der Waals surface area contributed by atoms with E-state index in [0.29, 0.717) is 22.6 Å². The van der Waals surface area contributed by atoms with Gasteiger partial charge >= 0.3 is 0 Å². The van der Waals surface area contributed by atoms with Crippen molar-refractivity contribution in [3.63, 3.8) is 0 Å². The first-order valence-corrected chi connectivity index (χ1v) is 8.92. The Morgan fingerprint density at radius 2 is 0.759 bits per heavy atom. The van der Waals surface area contributed by atoms with Crippen LogP contribution in [0.4, 0.5) is 0 Å². The topological polar surface area (TPSA) is 90.2 Å². The van der Waals surface area contributed by atoms with Gasteiger partial charge in [0.1, 0.15) is 34.5 Å². The van der Waals surface area contributed by atoms with Crippen molar-refractivity contribution in [2.75, 3.05) is 0 Å². The second kappa shape index (κ2) is 7.48. The number of hydrogen-bond donors (Lipinski definition) is 4. The Hall–Kier alpha value is -4.12. The van der Waals surface area contributed by atoms with E-state index in [0.717, 1.165) is 11.1 Å². The first-order valence-electron chi connectivity index (χ1n) is 8.92. The second-order valence-corrected chi connectivity index (χ2v) is 6.56. The minimum absolute atomic E-state index is 0.0360. The largest absolute Gasteiger partial charge is 0.508 e. The van der Waals surface area contributed by atoms with Gasteiger partial charge in [0.2, 0.25) is 0 Å². The quantitative estimate of drug-likeness (QED) is 0.365. The number of phenols is 4. The van der Waals surface area contributed by atoms with Crippen LogP contribution in [0.5, 0.6) is 34.5 Å². The van der Waals surface area contributed by atoms with Crippen molar-refractivity contribution in [3.8, 4) is 56.8 Å². The highest BCUT2D eigenvalue weighted by molar-refractivity contribution is 5.76. The van der Waals surface area contributed by atoms with Gasteiger partial charge in [0.25, 0.3) is 0 Å². The lowest BCUT2D eigenvalue weighted by Crippen LogP contribution is -1.91. The Kier molecular flexibility index (Phi) is 4.71. The maximum Gasteiger partial charge on any atom is 0.138 e. The zero-order chi connectivity index (χ0) is 20.4. The molecule has 0 atom stereocenters. The van der Waals surface area contributed by atoms with Gasteiger partial charge < -0.3 is 25.2 Å². The van der Waals surface area contributed by atoms with Gasteiger partial charge in [0.15, 0.2) is 0 Å². The molecule has 0 amide bonds. The Morgan fingerprint density at radius 3 is 1.14 bits per heavy atom. The molecular formula is C24H18O5. The summed E-state index contributed by atoms with van der Waals surface area (Å²) in [6.45, 7) is 0. The maximum absolute atomic E-state index is 9.98. The fourth-order valence-electron chi connectivity index (χ4n) is 3.07. The van der Waals surface area contributed by atoms with Crippen LogP contribution in [0, 0.1) is 0 Å². The Balaban J connectivity index is 1.80. The van der Waals surface area contributed by atoms with Crippen molar-refractivity contribution in [1.29, 1.82) is 0 Å². The standard InChI is InChI=1S/C24H18O5/c25-17-5-1-15(2-6-17)21-11-9-19(27)13-23(21)29-24-14-20(28)10-12-22(24)16-3-7-18(26)8-4-16/h1-14,25-28H. The third-order valence-corrected chi connectivity index (χ3v) is 4.51. The lowest BCUT2D eigenvalue weighted by Gasteiger charge is -2.16. The second-order valence-electron chi connectivity index (χ2n) is 6.56. The van der Waals surface area contributed by atoms with Crippen LogP contribution in [-0.2, 0) is 0 Å². The van der Waals surface area contributed by atoms with Gasteiger partial charge in [-0.3, -0.25) is 0 Å². The van der Waals surface area contributed by atoms with Crippen LogP contribution in [0.1, 0.15) is 0 Å². The average molecular weight is 386 g/mol. The molecule has 0 aromatic heterocycles. The molecule has 4 aromatic carbocycles. The minimum atomic E-state index is 0.0360. The normalized spacial score (nSPS) is 10.6. The average Bonchev–Trinajstić information content (AvgIpc) is 2.70. The van der Waals surface area contributed by atoms with Crippen molar-refractivity contribution in [1.82, 2.24) is 0 Å². The molecule has 0 heterocycles. The summed E-state index contributed by atoms with van der Waals surface area (Å²) in [5.74, 6) is 1.15. The summed E-state index contributed by atoms with van der Waals surface area (Å²) >= 11 is 0. The van der Waals surface area contributed by atoms with Crippen molar-refractivity contribution >= 4 is 0 Å². The van der Waals surface area contributed by atoms with E-state index in [9.17, 15) is 20.4 Å². The lowest BCUT2D eigenvalue weighted by molar-refractivity contribution is 0.448. The molecule has 0 spiro atoms. The van der Waals surface area contributed by atoms with Crippen LogP contribution in [-0.4, -0.2) is 20.4 Å². The van der Waals surface area contributed by atoms with Crippen molar-refractivity contribution in [2.24, 2.45) is 0 Å². The van der Waals surface area contributed by atoms with Crippen LogP contribution in [0.2, 0.25) is 0 Å². The molecule has 5 heteroatoms. The molecule has 4 N–H and O–H groups in total. The fourth-order valence-corrected chi connectivity index (χ4v) is 3.07. The predicted molar refractivity (Wildman–Crippen MR) is 110 cm³/mol. The van der Waals surface area contributed by atoms with E-state index in [2.05, 4.69) is 0 Å². The molecule has 144 valence electrons. The molecule has 4 rings (SSSR count). The lowest BCUT2D eigenvalue weighted by atomic mass is 10.0. The molecule has 0 aliphatic heterocycles. The molecule has 0 unspecified atom stereocenters. The summed E-state index contributed by atoms with van der Waals surface area (Å²) in [6, 6.07) is 22.8. The molecule has 4 aromatic rings. The van der Waals surface area contributed by atoms with Crippen LogP contribution in [0.15, 0.2) is 84.9 Å². The smallest absolute Gasteiger partial charge is 0.138 e. The highest BCUT2D eigenvalue weighted by Crippen LogP contribution is 2.41. The highest BCUT2D eigenvalue weighted by Gasteiger charge is 2.14. The van der Waals surface area contributed by atoms with E-state index < -0.39 is 0 Å². The van der Waals surface area contributed by atoms with E-state index in [4.69, 9.17) is 4.74 Å². The van der Waals surface area contributed by atoms with Crippen molar-refractivity contribution in [2.45, 2.75) is 0 Å². The molecule has 0 fully saturated rings. The zero-order valence-corrected chi connectivity index (χ0v) is 15.3. The van der Waals surface area contributed by atoms with Crippen LogP contribution >= 0.6 is 0 Å². The molecule has 0 radical (unpaired) electrons. The van der Waals surface area contributed by atoms with E-state index in [1.165, 1.54) is 12.1 Å². The first kappa shape index (κ1) is 18.3. The number of benzene rings is 4. The minimum Gasteiger partial charge on any atom is -0.508 e. The molecule has 0 saturated heterocycles. The molecule has 29 heavy (non-hydrogen) atoms. The number of phenolic OH excluding ortho intramolecular Hbond substituents is 4. The number of rotatable bonds is 4. The SMILES string of the molecule is Oc1ccc(-c2ccc(O)cc2Oc2cc(O)ccc2-c2ccc(O)cc2)cc1. The Bertz CT molecular complexity index is 1060. The van der Waals surface area contributed by atoms with Gasteiger partial charge in [-0.25, -0.2) is 0 Å². The van der Waals surface area contributed by atoms with Gasteiger partial charge in [0.05, 0.1) is 0 Å². The summed E-state index contributed by atoms with van der Waals surface area (Å²) in [7, 11) is 0. The van der Waals surface area contributed by atoms with Gasteiger partial charge in [-0.1, -0.05) is 24.3 Å². The van der Waals surface area contributed by atoms with E-state index in [1.807, 2.05) is 0 Å². The predicted octanol–water partition coefficient (Wildman–Crippen LogP) is 5.64. The number of aromatic hydroxyl groups is 4. The highest BCUT2D eigenvalue weighted by atomic mass is 16.5. The van der Waals surface area contributed by atoms with Gasteiger partial charge in [-0.15, -0.1) is 0 Å². The Morgan fingerprint density at radius 1 is 0.414 bits per heavy atom. The number of ether oxygens (including phenoxy) is 1. The summed E-state index contributed by atoms with van der Waals surface area (Å²) < 4.78 is 6.13. The van der Waals surface area contributed by atoms with Crippen LogP contribution < -0.4 is 4.74 Å². The summed E-state index contributed by atoms with van der Waals surface area (Å²) in [4.78, 5) is 0. The molecule has 0 aliphatic carbocycles. The van der Waals surface area contributed by atoms with Crippen LogP contribution in [0.25, 0.3) is 22.3 Å². The molecule has 5 nitrogen and oxygen atoms in total. The molecule has 0 bridgehead atoms.